The van der Waals surface area contributed by atoms with Gasteiger partial charge in [-0.3, -0.25) is 4.79 Å². The topological polar surface area (TPSA) is 56.8 Å². The molecule has 5 heteroatoms. The van der Waals surface area contributed by atoms with Gasteiger partial charge in [0.25, 0.3) is 0 Å². The van der Waals surface area contributed by atoms with Crippen molar-refractivity contribution in [2.24, 2.45) is 0 Å². The van der Waals surface area contributed by atoms with Crippen molar-refractivity contribution in [3.8, 4) is 0 Å². The molecular weight excluding hydrogens is 210 g/mol. The van der Waals surface area contributed by atoms with Crippen molar-refractivity contribution in [2.45, 2.75) is 6.42 Å². The van der Waals surface area contributed by atoms with Crippen molar-refractivity contribution in [3.63, 3.8) is 0 Å². The Bertz CT molecular complexity index is 185. The largest absolute Gasteiger partial charge is 0.382 e. The molecule has 0 saturated heterocycles. The molecule has 94 valence electrons. The number of amides is 1. The lowest BCUT2D eigenvalue weighted by molar-refractivity contribution is -0.126. The molecule has 0 heterocycles. The van der Waals surface area contributed by atoms with Gasteiger partial charge in [-0.15, -0.1) is 6.58 Å². The highest BCUT2D eigenvalue weighted by molar-refractivity contribution is 5.77. The Morgan fingerprint density at radius 1 is 1.25 bits per heavy atom. The van der Waals surface area contributed by atoms with Crippen molar-refractivity contribution in [1.29, 1.82) is 0 Å². The summed E-state index contributed by atoms with van der Waals surface area (Å²) in [6, 6.07) is 0. The number of ether oxygens (including phenoxy) is 3. The van der Waals surface area contributed by atoms with Crippen LogP contribution in [-0.4, -0.2) is 52.6 Å². The summed E-state index contributed by atoms with van der Waals surface area (Å²) in [5.41, 5.74) is 0. The molecule has 0 rings (SSSR count). The first-order valence-corrected chi connectivity index (χ1v) is 5.33. The van der Waals surface area contributed by atoms with Gasteiger partial charge in [-0.05, 0) is 6.42 Å². The van der Waals surface area contributed by atoms with E-state index in [0.717, 1.165) is 6.42 Å². The van der Waals surface area contributed by atoms with E-state index in [4.69, 9.17) is 14.2 Å². The average molecular weight is 231 g/mol. The molecule has 0 spiro atoms. The molecule has 0 fully saturated rings. The maximum Gasteiger partial charge on any atom is 0.246 e. The van der Waals surface area contributed by atoms with Crippen LogP contribution in [0.5, 0.6) is 0 Å². The van der Waals surface area contributed by atoms with Crippen LogP contribution < -0.4 is 5.32 Å². The van der Waals surface area contributed by atoms with E-state index >= 15 is 0 Å². The fraction of sp³-hybridized carbons (Fsp3) is 0.727. The summed E-state index contributed by atoms with van der Waals surface area (Å²) < 4.78 is 15.0. The highest BCUT2D eigenvalue weighted by Crippen LogP contribution is 1.82. The Hall–Kier alpha value is -0.910. The number of hydrogen-bond acceptors (Lipinski definition) is 4. The predicted molar refractivity (Wildman–Crippen MR) is 61.3 cm³/mol. The zero-order chi connectivity index (χ0) is 12.1. The zero-order valence-electron chi connectivity index (χ0n) is 9.87. The number of hydrogen-bond donors (Lipinski definition) is 1. The smallest absolute Gasteiger partial charge is 0.246 e. The first-order chi connectivity index (χ1) is 7.81. The van der Waals surface area contributed by atoms with Gasteiger partial charge in [-0.2, -0.15) is 0 Å². The molecule has 5 nitrogen and oxygen atoms in total. The third-order valence-electron chi connectivity index (χ3n) is 1.70. The maximum atomic E-state index is 11.1. The molecule has 1 N–H and O–H groups in total. The second-order valence-electron chi connectivity index (χ2n) is 3.09. The maximum absolute atomic E-state index is 11.1. The molecule has 0 aromatic heterocycles. The average Bonchev–Trinajstić information content (AvgIpc) is 2.29. The van der Waals surface area contributed by atoms with Gasteiger partial charge >= 0.3 is 0 Å². The summed E-state index contributed by atoms with van der Waals surface area (Å²) >= 11 is 0. The highest BCUT2D eigenvalue weighted by atomic mass is 16.5. The third kappa shape index (κ3) is 11.2. The lowest BCUT2D eigenvalue weighted by Gasteiger charge is -2.06. The van der Waals surface area contributed by atoms with E-state index < -0.39 is 0 Å². The van der Waals surface area contributed by atoms with Crippen LogP contribution in [0.15, 0.2) is 12.7 Å². The van der Waals surface area contributed by atoms with Gasteiger partial charge in [-0.25, -0.2) is 0 Å². The van der Waals surface area contributed by atoms with E-state index in [9.17, 15) is 4.79 Å². The van der Waals surface area contributed by atoms with Crippen LogP contribution in [0.25, 0.3) is 0 Å². The standard InChI is InChI=1S/C11H21NO4/c1-3-4-6-15-7-5-12-11(13)10-16-9-8-14-2/h3H,1,4-10H2,2H3,(H,12,13). The van der Waals surface area contributed by atoms with E-state index in [0.29, 0.717) is 33.0 Å². The van der Waals surface area contributed by atoms with Crippen LogP contribution in [0, 0.1) is 0 Å². The molecule has 0 aromatic carbocycles. The van der Waals surface area contributed by atoms with Gasteiger partial charge in [0.2, 0.25) is 5.91 Å². The monoisotopic (exact) mass is 231 g/mol. The number of carbonyl (C=O) groups is 1. The summed E-state index contributed by atoms with van der Waals surface area (Å²) in [5, 5.41) is 2.68. The van der Waals surface area contributed by atoms with E-state index in [1.54, 1.807) is 13.2 Å². The molecule has 0 aliphatic rings. The SMILES string of the molecule is C=CCCOCCNC(=O)COCCOC. The van der Waals surface area contributed by atoms with E-state index in [-0.39, 0.29) is 12.5 Å². The fourth-order valence-corrected chi connectivity index (χ4v) is 0.890. The first kappa shape index (κ1) is 15.1. The molecule has 0 radical (unpaired) electrons. The summed E-state index contributed by atoms with van der Waals surface area (Å²) in [6.45, 7) is 6.23. The molecule has 0 aliphatic heterocycles. The first-order valence-electron chi connectivity index (χ1n) is 5.33. The van der Waals surface area contributed by atoms with Gasteiger partial charge < -0.3 is 19.5 Å². The van der Waals surface area contributed by atoms with Gasteiger partial charge in [0, 0.05) is 13.7 Å². The molecule has 0 saturated carbocycles. The van der Waals surface area contributed by atoms with Gasteiger partial charge in [-0.1, -0.05) is 6.08 Å². The summed E-state index contributed by atoms with van der Waals surface area (Å²) in [5.74, 6) is -0.136. The third-order valence-corrected chi connectivity index (χ3v) is 1.70. The molecule has 0 aromatic rings. The Balaban J connectivity index is 3.14. The van der Waals surface area contributed by atoms with Crippen LogP contribution in [-0.2, 0) is 19.0 Å². The molecule has 16 heavy (non-hydrogen) atoms. The van der Waals surface area contributed by atoms with E-state index in [1.165, 1.54) is 0 Å². The van der Waals surface area contributed by atoms with Gasteiger partial charge in [0.05, 0.1) is 26.4 Å². The lowest BCUT2D eigenvalue weighted by atomic mass is 10.4. The van der Waals surface area contributed by atoms with Crippen molar-refractivity contribution in [2.75, 3.05) is 46.7 Å². The molecular formula is C11H21NO4. The van der Waals surface area contributed by atoms with Crippen LogP contribution in [0.1, 0.15) is 6.42 Å². The summed E-state index contributed by atoms with van der Waals surface area (Å²) in [4.78, 5) is 11.1. The van der Waals surface area contributed by atoms with Crippen LogP contribution in [0.4, 0.5) is 0 Å². The highest BCUT2D eigenvalue weighted by Gasteiger charge is 1.99. The number of nitrogens with one attached hydrogen (secondary N) is 1. The Morgan fingerprint density at radius 3 is 2.75 bits per heavy atom. The van der Waals surface area contributed by atoms with E-state index in [2.05, 4.69) is 11.9 Å². The molecule has 0 bridgehead atoms. The van der Waals surface area contributed by atoms with Gasteiger partial charge in [0.15, 0.2) is 0 Å². The summed E-state index contributed by atoms with van der Waals surface area (Å²) in [6.07, 6.45) is 2.62. The molecule has 0 atom stereocenters. The minimum Gasteiger partial charge on any atom is -0.382 e. The summed E-state index contributed by atoms with van der Waals surface area (Å²) in [7, 11) is 1.59. The van der Waals surface area contributed by atoms with Crippen LogP contribution >= 0.6 is 0 Å². The van der Waals surface area contributed by atoms with Crippen molar-refractivity contribution in [1.82, 2.24) is 5.32 Å². The normalized spacial score (nSPS) is 10.1. The quantitative estimate of drug-likeness (QED) is 0.412. The fourth-order valence-electron chi connectivity index (χ4n) is 0.890. The number of carbonyl (C=O) groups excluding carboxylic acids is 1. The van der Waals surface area contributed by atoms with Crippen molar-refractivity contribution >= 4 is 5.91 Å². The molecule has 0 unspecified atom stereocenters. The Kier molecular flexibility index (Phi) is 11.5. The molecule has 0 aliphatic carbocycles. The minimum absolute atomic E-state index is 0.0655. The zero-order valence-corrected chi connectivity index (χ0v) is 9.87. The van der Waals surface area contributed by atoms with E-state index in [1.807, 2.05) is 0 Å². The number of methoxy groups -OCH3 is 1. The minimum atomic E-state index is -0.136. The second-order valence-corrected chi connectivity index (χ2v) is 3.09. The molecule has 1 amide bonds. The Morgan fingerprint density at radius 2 is 2.06 bits per heavy atom. The lowest BCUT2D eigenvalue weighted by Crippen LogP contribution is -2.31. The van der Waals surface area contributed by atoms with Crippen molar-refractivity contribution < 1.29 is 19.0 Å². The number of rotatable bonds is 11. The van der Waals surface area contributed by atoms with Crippen LogP contribution in [0.2, 0.25) is 0 Å². The van der Waals surface area contributed by atoms with Crippen molar-refractivity contribution in [3.05, 3.63) is 12.7 Å². The second kappa shape index (κ2) is 12.2. The van der Waals surface area contributed by atoms with Crippen LogP contribution in [0.3, 0.4) is 0 Å². The predicted octanol–water partition coefficient (Wildman–Crippen LogP) is 0.358. The Labute approximate surface area is 96.8 Å². The van der Waals surface area contributed by atoms with Gasteiger partial charge in [0.1, 0.15) is 6.61 Å².